The Balaban J connectivity index is 1.19. The molecule has 1 spiro atoms. The molecule has 0 amide bonds. The monoisotopic (exact) mass is 357 g/mol. The lowest BCUT2D eigenvalue weighted by atomic mass is 9.82. The number of aromatic nitrogens is 1. The minimum Gasteiger partial charge on any atom is -0.372 e. The van der Waals surface area contributed by atoms with Gasteiger partial charge in [0.2, 0.25) is 0 Å². The summed E-state index contributed by atoms with van der Waals surface area (Å²) in [6.45, 7) is 6.24. The Labute approximate surface area is 154 Å². The summed E-state index contributed by atoms with van der Waals surface area (Å²) in [5.41, 5.74) is 2.86. The molecule has 0 aliphatic carbocycles. The van der Waals surface area contributed by atoms with Crippen LogP contribution in [0.25, 0.3) is 0 Å². The van der Waals surface area contributed by atoms with Crippen LogP contribution in [0.15, 0.2) is 41.4 Å². The molecule has 4 heterocycles. The topological polar surface area (TPSA) is 28.6 Å². The molecule has 0 unspecified atom stereocenters. The van der Waals surface area contributed by atoms with Crippen LogP contribution in [0.2, 0.25) is 0 Å². The molecule has 25 heavy (non-hydrogen) atoms. The molecule has 0 radical (unpaired) electrons. The van der Waals surface area contributed by atoms with Gasteiger partial charge in [-0.1, -0.05) is 6.07 Å². The Morgan fingerprint density at radius 2 is 2.28 bits per heavy atom. The van der Waals surface area contributed by atoms with E-state index in [0.29, 0.717) is 5.92 Å². The van der Waals surface area contributed by atoms with Crippen LogP contribution in [0, 0.1) is 5.92 Å². The molecule has 2 aliphatic rings. The van der Waals surface area contributed by atoms with E-state index in [1.165, 1.54) is 24.0 Å². The molecule has 5 heteroatoms. The minimum absolute atomic E-state index is 0.147. The molecule has 2 saturated heterocycles. The van der Waals surface area contributed by atoms with Gasteiger partial charge in [0.05, 0.1) is 12.2 Å². The minimum atomic E-state index is 0.147. The maximum atomic E-state index is 6.34. The lowest BCUT2D eigenvalue weighted by Crippen LogP contribution is -2.64. The molecule has 2 aromatic rings. The van der Waals surface area contributed by atoms with Crippen molar-refractivity contribution in [3.05, 3.63) is 52.5 Å². The van der Waals surface area contributed by atoms with Gasteiger partial charge in [-0.05, 0) is 59.8 Å². The summed E-state index contributed by atoms with van der Waals surface area (Å²) in [5.74, 6) is 0.651. The van der Waals surface area contributed by atoms with E-state index < -0.39 is 0 Å². The average molecular weight is 358 g/mol. The van der Waals surface area contributed by atoms with E-state index >= 15 is 0 Å². The highest BCUT2D eigenvalue weighted by atomic mass is 32.1. The molecule has 4 nitrogen and oxygen atoms in total. The number of hydrogen-bond acceptors (Lipinski definition) is 5. The van der Waals surface area contributed by atoms with Gasteiger partial charge < -0.3 is 9.64 Å². The third-order valence-electron chi connectivity index (χ3n) is 5.39. The lowest BCUT2D eigenvalue weighted by molar-refractivity contribution is -0.183. The van der Waals surface area contributed by atoms with Gasteiger partial charge in [-0.3, -0.25) is 9.88 Å². The van der Waals surface area contributed by atoms with Crippen LogP contribution in [0.3, 0.4) is 0 Å². The quantitative estimate of drug-likeness (QED) is 0.793. The number of thiophene rings is 1. The van der Waals surface area contributed by atoms with Crippen molar-refractivity contribution in [2.45, 2.75) is 31.5 Å². The maximum absolute atomic E-state index is 6.34. The Morgan fingerprint density at radius 1 is 1.36 bits per heavy atom. The second-order valence-corrected chi connectivity index (χ2v) is 8.51. The fourth-order valence-electron chi connectivity index (χ4n) is 4.14. The van der Waals surface area contributed by atoms with Gasteiger partial charge in [-0.15, -0.1) is 0 Å². The van der Waals surface area contributed by atoms with Crippen molar-refractivity contribution in [3.8, 4) is 0 Å². The van der Waals surface area contributed by atoms with E-state index in [1.807, 2.05) is 18.5 Å². The zero-order valence-corrected chi connectivity index (χ0v) is 15.8. The van der Waals surface area contributed by atoms with Crippen LogP contribution in [0.4, 0.5) is 0 Å². The van der Waals surface area contributed by atoms with Gasteiger partial charge in [0.15, 0.2) is 0 Å². The highest BCUT2D eigenvalue weighted by Crippen LogP contribution is 2.37. The maximum Gasteiger partial charge on any atom is 0.0935 e. The molecule has 0 saturated carbocycles. The van der Waals surface area contributed by atoms with Gasteiger partial charge in [0.25, 0.3) is 0 Å². The van der Waals surface area contributed by atoms with Gasteiger partial charge in [0, 0.05) is 45.1 Å². The highest BCUT2D eigenvalue weighted by Gasteiger charge is 2.46. The summed E-state index contributed by atoms with van der Waals surface area (Å²) >= 11 is 1.78. The van der Waals surface area contributed by atoms with Crippen molar-refractivity contribution >= 4 is 11.3 Å². The molecule has 2 aromatic heterocycles. The van der Waals surface area contributed by atoms with Crippen molar-refractivity contribution in [3.63, 3.8) is 0 Å². The number of pyridine rings is 1. The summed E-state index contributed by atoms with van der Waals surface area (Å²) in [6, 6.07) is 6.38. The van der Waals surface area contributed by atoms with Crippen LogP contribution >= 0.6 is 11.3 Å². The molecule has 1 atom stereocenters. The van der Waals surface area contributed by atoms with Crippen molar-refractivity contribution in [1.82, 2.24) is 14.8 Å². The van der Waals surface area contributed by atoms with Crippen LogP contribution < -0.4 is 0 Å². The van der Waals surface area contributed by atoms with E-state index in [4.69, 9.17) is 4.74 Å². The van der Waals surface area contributed by atoms with E-state index in [1.54, 1.807) is 11.3 Å². The fraction of sp³-hybridized carbons (Fsp3) is 0.550. The molecule has 0 aromatic carbocycles. The zero-order valence-electron chi connectivity index (χ0n) is 14.9. The van der Waals surface area contributed by atoms with Crippen molar-refractivity contribution < 1.29 is 4.74 Å². The van der Waals surface area contributed by atoms with E-state index in [-0.39, 0.29) is 5.60 Å². The Kier molecular flexibility index (Phi) is 5.17. The molecular formula is C20H27N3OS. The summed E-state index contributed by atoms with van der Waals surface area (Å²) in [6.07, 6.45) is 6.28. The van der Waals surface area contributed by atoms with Crippen LogP contribution in [0.5, 0.6) is 0 Å². The van der Waals surface area contributed by atoms with E-state index in [9.17, 15) is 0 Å². The molecule has 134 valence electrons. The molecular weight excluding hydrogens is 330 g/mol. The third-order valence-corrected chi connectivity index (χ3v) is 6.12. The van der Waals surface area contributed by atoms with Crippen molar-refractivity contribution in [1.29, 1.82) is 0 Å². The van der Waals surface area contributed by atoms with Gasteiger partial charge >= 0.3 is 0 Å². The van der Waals surface area contributed by atoms with Crippen LogP contribution in [0.1, 0.15) is 24.0 Å². The Morgan fingerprint density at radius 3 is 2.96 bits per heavy atom. The number of ether oxygens (including phenoxy) is 1. The normalized spacial score (nSPS) is 23.0. The summed E-state index contributed by atoms with van der Waals surface area (Å²) < 4.78 is 6.34. The van der Waals surface area contributed by atoms with Gasteiger partial charge in [-0.25, -0.2) is 0 Å². The lowest BCUT2D eigenvalue weighted by Gasteiger charge is -2.53. The van der Waals surface area contributed by atoms with E-state index in [2.05, 4.69) is 44.7 Å². The van der Waals surface area contributed by atoms with Crippen LogP contribution in [-0.4, -0.2) is 53.7 Å². The number of nitrogens with zero attached hydrogens (tertiary/aromatic N) is 3. The zero-order chi connectivity index (χ0) is 17.1. The third kappa shape index (κ3) is 4.29. The molecule has 0 bridgehead atoms. The number of likely N-dealkylation sites (tertiary alicyclic amines) is 1. The first-order valence-corrected chi connectivity index (χ1v) is 10.1. The van der Waals surface area contributed by atoms with Gasteiger partial charge in [0.1, 0.15) is 0 Å². The second kappa shape index (κ2) is 7.54. The standard InChI is InChI=1S/C20H27N3OS/c1-22(10-17-3-2-7-21-9-17)11-18-4-6-20(24-13-18)15-23(16-20)12-19-5-8-25-14-19/h2-3,5,7-9,14,18H,4,6,10-13,15-16H2,1H3/t18-/m1/s1. The molecule has 0 N–H and O–H groups in total. The summed E-state index contributed by atoms with van der Waals surface area (Å²) in [5, 5.41) is 4.41. The van der Waals surface area contributed by atoms with E-state index in [0.717, 1.165) is 39.3 Å². The van der Waals surface area contributed by atoms with Gasteiger partial charge in [-0.2, -0.15) is 11.3 Å². The summed E-state index contributed by atoms with van der Waals surface area (Å²) in [7, 11) is 2.20. The SMILES string of the molecule is CN(Cc1cccnc1)C[C@H]1CCC2(CN(Cc3ccsc3)C2)OC1. The smallest absolute Gasteiger partial charge is 0.0935 e. The van der Waals surface area contributed by atoms with Crippen LogP contribution in [-0.2, 0) is 17.8 Å². The molecule has 4 rings (SSSR count). The summed E-state index contributed by atoms with van der Waals surface area (Å²) in [4.78, 5) is 9.11. The first kappa shape index (κ1) is 17.2. The average Bonchev–Trinajstić information content (AvgIpc) is 3.09. The first-order valence-electron chi connectivity index (χ1n) is 9.16. The largest absolute Gasteiger partial charge is 0.372 e. The Bertz CT molecular complexity index is 645. The number of rotatable bonds is 6. The first-order chi connectivity index (χ1) is 12.2. The Hall–Kier alpha value is -1.27. The molecule has 2 fully saturated rings. The predicted molar refractivity (Wildman–Crippen MR) is 102 cm³/mol. The predicted octanol–water partition coefficient (Wildman–Crippen LogP) is 3.26. The van der Waals surface area contributed by atoms with Crippen molar-refractivity contribution in [2.75, 3.05) is 33.3 Å². The second-order valence-electron chi connectivity index (χ2n) is 7.73. The molecule has 2 aliphatic heterocycles. The fourth-order valence-corrected chi connectivity index (χ4v) is 4.80. The van der Waals surface area contributed by atoms with Crippen molar-refractivity contribution in [2.24, 2.45) is 5.92 Å². The highest BCUT2D eigenvalue weighted by molar-refractivity contribution is 7.07. The number of hydrogen-bond donors (Lipinski definition) is 0.